The topological polar surface area (TPSA) is 63.2 Å². The second kappa shape index (κ2) is 8.67. The molecular weight excluding hydrogens is 326 g/mol. The van der Waals surface area contributed by atoms with E-state index in [0.717, 1.165) is 16.9 Å². The van der Waals surface area contributed by atoms with Crippen molar-refractivity contribution in [1.82, 2.24) is 10.3 Å². The summed E-state index contributed by atoms with van der Waals surface area (Å²) in [5.41, 5.74) is 2.65. The number of nitrogens with zero attached hydrogens (tertiary/aromatic N) is 1. The molecule has 3 aromatic rings. The number of carbonyl (C=O) groups excluding carboxylic acids is 1. The Hall–Kier alpha value is -3.34. The zero-order valence-corrected chi connectivity index (χ0v) is 14.6. The van der Waals surface area contributed by atoms with E-state index >= 15 is 0 Å². The van der Waals surface area contributed by atoms with Gasteiger partial charge in [-0.25, -0.2) is 4.98 Å². The van der Waals surface area contributed by atoms with Gasteiger partial charge in [0.15, 0.2) is 0 Å². The monoisotopic (exact) mass is 347 g/mol. The minimum Gasteiger partial charge on any atom is -0.496 e. The first-order chi connectivity index (χ1) is 12.8. The highest BCUT2D eigenvalue weighted by Crippen LogP contribution is 2.18. The lowest BCUT2D eigenvalue weighted by molar-refractivity contribution is 0.0951. The molecule has 5 heteroatoms. The van der Waals surface area contributed by atoms with Gasteiger partial charge in [-0.3, -0.25) is 4.79 Å². The summed E-state index contributed by atoms with van der Waals surface area (Å²) in [7, 11) is 1.65. The van der Waals surface area contributed by atoms with Crippen LogP contribution in [0.1, 0.15) is 21.5 Å². The van der Waals surface area contributed by atoms with Gasteiger partial charge >= 0.3 is 0 Å². The third-order valence-corrected chi connectivity index (χ3v) is 3.97. The first-order valence-corrected chi connectivity index (χ1v) is 8.40. The highest BCUT2D eigenvalue weighted by molar-refractivity contribution is 5.94. The molecule has 3 rings (SSSR count). The van der Waals surface area contributed by atoms with Crippen LogP contribution in [0, 0.1) is 0 Å². The number of pyridine rings is 1. The van der Waals surface area contributed by atoms with Crippen LogP contribution in [0.25, 0.3) is 0 Å². The number of amides is 1. The van der Waals surface area contributed by atoms with E-state index in [9.17, 15) is 4.79 Å². The molecule has 0 aliphatic carbocycles. The molecular formula is C21H21N3O2. The minimum absolute atomic E-state index is 0.128. The van der Waals surface area contributed by atoms with E-state index in [1.165, 1.54) is 0 Å². The zero-order chi connectivity index (χ0) is 18.2. The molecule has 5 nitrogen and oxygen atoms in total. The zero-order valence-electron chi connectivity index (χ0n) is 14.6. The number of ether oxygens (including phenoxy) is 1. The van der Waals surface area contributed by atoms with E-state index in [0.29, 0.717) is 24.5 Å². The normalized spacial score (nSPS) is 10.2. The second-order valence-corrected chi connectivity index (χ2v) is 5.76. The Morgan fingerprint density at radius 3 is 2.58 bits per heavy atom. The van der Waals surface area contributed by atoms with Crippen molar-refractivity contribution in [3.63, 3.8) is 0 Å². The Balaban J connectivity index is 1.61. The number of rotatable bonds is 7. The molecule has 26 heavy (non-hydrogen) atoms. The highest BCUT2D eigenvalue weighted by atomic mass is 16.5. The summed E-state index contributed by atoms with van der Waals surface area (Å²) in [6, 6.07) is 21.1. The van der Waals surface area contributed by atoms with Crippen molar-refractivity contribution in [2.45, 2.75) is 13.1 Å². The molecule has 2 N–H and O–H groups in total. The van der Waals surface area contributed by atoms with Gasteiger partial charge in [0.05, 0.1) is 7.11 Å². The maximum Gasteiger partial charge on any atom is 0.251 e. The van der Waals surface area contributed by atoms with Crippen molar-refractivity contribution < 1.29 is 9.53 Å². The summed E-state index contributed by atoms with van der Waals surface area (Å²) in [5.74, 6) is 1.33. The molecule has 0 spiro atoms. The lowest BCUT2D eigenvalue weighted by atomic mass is 10.2. The number of aromatic nitrogens is 1. The molecule has 1 amide bonds. The number of anilines is 1. The van der Waals surface area contributed by atoms with Crippen LogP contribution in [0.4, 0.5) is 5.82 Å². The summed E-state index contributed by atoms with van der Waals surface area (Å²) < 4.78 is 5.35. The summed E-state index contributed by atoms with van der Waals surface area (Å²) in [6.07, 6.45) is 1.63. The lowest BCUT2D eigenvalue weighted by Crippen LogP contribution is -2.23. The molecule has 0 fully saturated rings. The van der Waals surface area contributed by atoms with Crippen LogP contribution < -0.4 is 15.4 Å². The molecule has 1 heterocycles. The van der Waals surface area contributed by atoms with Gasteiger partial charge in [-0.15, -0.1) is 0 Å². The summed E-state index contributed by atoms with van der Waals surface area (Å²) >= 11 is 0. The van der Waals surface area contributed by atoms with Crippen molar-refractivity contribution in [1.29, 1.82) is 0 Å². The van der Waals surface area contributed by atoms with Crippen molar-refractivity contribution in [2.24, 2.45) is 0 Å². The standard InChI is InChI=1S/C21H21N3O2/c1-26-19-10-6-5-9-18(19)15-23-20-13-17(11-12-22-20)21(25)24-14-16-7-3-2-4-8-16/h2-13H,14-15H2,1H3,(H,22,23)(H,24,25). The molecule has 0 aliphatic rings. The van der Waals surface area contributed by atoms with Crippen LogP contribution in [-0.2, 0) is 13.1 Å². The predicted octanol–water partition coefficient (Wildman–Crippen LogP) is 3.63. The van der Waals surface area contributed by atoms with Crippen molar-refractivity contribution in [3.05, 3.63) is 89.6 Å². The molecule has 0 radical (unpaired) electrons. The molecule has 132 valence electrons. The first kappa shape index (κ1) is 17.5. The summed E-state index contributed by atoms with van der Waals surface area (Å²) in [6.45, 7) is 1.05. The Morgan fingerprint density at radius 2 is 1.77 bits per heavy atom. The number of nitrogens with one attached hydrogen (secondary N) is 2. The number of hydrogen-bond donors (Lipinski definition) is 2. The molecule has 0 aliphatic heterocycles. The lowest BCUT2D eigenvalue weighted by Gasteiger charge is -2.11. The largest absolute Gasteiger partial charge is 0.496 e. The average molecular weight is 347 g/mol. The number of carbonyl (C=O) groups is 1. The molecule has 0 saturated heterocycles. The highest BCUT2D eigenvalue weighted by Gasteiger charge is 2.07. The number of para-hydroxylation sites is 1. The van der Waals surface area contributed by atoms with Crippen LogP contribution in [0.2, 0.25) is 0 Å². The summed E-state index contributed by atoms with van der Waals surface area (Å²) in [4.78, 5) is 16.6. The average Bonchev–Trinajstić information content (AvgIpc) is 2.71. The second-order valence-electron chi connectivity index (χ2n) is 5.76. The maximum atomic E-state index is 12.4. The number of benzene rings is 2. The SMILES string of the molecule is COc1ccccc1CNc1cc(C(=O)NCc2ccccc2)ccn1. The van der Waals surface area contributed by atoms with E-state index in [1.807, 2.05) is 54.6 Å². The van der Waals surface area contributed by atoms with Crippen LogP contribution in [0.5, 0.6) is 5.75 Å². The Labute approximate surface area is 153 Å². The molecule has 0 unspecified atom stereocenters. The minimum atomic E-state index is -0.128. The van der Waals surface area contributed by atoms with E-state index < -0.39 is 0 Å². The van der Waals surface area contributed by atoms with Crippen LogP contribution >= 0.6 is 0 Å². The van der Waals surface area contributed by atoms with Gasteiger partial charge in [-0.1, -0.05) is 48.5 Å². The molecule has 1 aromatic heterocycles. The number of hydrogen-bond acceptors (Lipinski definition) is 4. The molecule has 0 bridgehead atoms. The van der Waals surface area contributed by atoms with Gasteiger partial charge in [0.25, 0.3) is 5.91 Å². The summed E-state index contributed by atoms with van der Waals surface area (Å²) in [5, 5.41) is 6.15. The van der Waals surface area contributed by atoms with Crippen LogP contribution in [0.15, 0.2) is 72.9 Å². The fourth-order valence-corrected chi connectivity index (χ4v) is 2.58. The third-order valence-electron chi connectivity index (χ3n) is 3.97. The quantitative estimate of drug-likeness (QED) is 0.685. The first-order valence-electron chi connectivity index (χ1n) is 8.40. The Kier molecular flexibility index (Phi) is 5.83. The van der Waals surface area contributed by atoms with Crippen molar-refractivity contribution in [2.75, 3.05) is 12.4 Å². The van der Waals surface area contributed by atoms with Crippen molar-refractivity contribution >= 4 is 11.7 Å². The van der Waals surface area contributed by atoms with Crippen LogP contribution in [0.3, 0.4) is 0 Å². The van der Waals surface area contributed by atoms with Crippen molar-refractivity contribution in [3.8, 4) is 5.75 Å². The van der Waals surface area contributed by atoms with E-state index in [-0.39, 0.29) is 5.91 Å². The van der Waals surface area contributed by atoms with E-state index in [2.05, 4.69) is 15.6 Å². The maximum absolute atomic E-state index is 12.4. The third kappa shape index (κ3) is 4.60. The van der Waals surface area contributed by atoms with E-state index in [1.54, 1.807) is 25.4 Å². The van der Waals surface area contributed by atoms with E-state index in [4.69, 9.17) is 4.74 Å². The molecule has 2 aromatic carbocycles. The Morgan fingerprint density at radius 1 is 1.00 bits per heavy atom. The smallest absolute Gasteiger partial charge is 0.251 e. The predicted molar refractivity (Wildman–Crippen MR) is 102 cm³/mol. The van der Waals surface area contributed by atoms with Gasteiger partial charge in [-0.05, 0) is 23.8 Å². The fraction of sp³-hybridized carbons (Fsp3) is 0.143. The van der Waals surface area contributed by atoms with Gasteiger partial charge in [0.1, 0.15) is 11.6 Å². The van der Waals surface area contributed by atoms with Gasteiger partial charge in [-0.2, -0.15) is 0 Å². The van der Waals surface area contributed by atoms with Gasteiger partial charge < -0.3 is 15.4 Å². The Bertz CT molecular complexity index is 866. The number of methoxy groups -OCH3 is 1. The van der Waals surface area contributed by atoms with Crippen LogP contribution in [-0.4, -0.2) is 18.0 Å². The van der Waals surface area contributed by atoms with Gasteiger partial charge in [0.2, 0.25) is 0 Å². The molecule has 0 atom stereocenters. The fourth-order valence-electron chi connectivity index (χ4n) is 2.58. The van der Waals surface area contributed by atoms with Gasteiger partial charge in [0, 0.05) is 30.4 Å². The molecule has 0 saturated carbocycles.